The Hall–Kier alpha value is -1.19. The summed E-state index contributed by atoms with van der Waals surface area (Å²) in [6, 6.07) is 5.85. The Bertz CT molecular complexity index is 518. The number of rotatable bonds is 9. The molecule has 0 spiro atoms. The van der Waals surface area contributed by atoms with Crippen LogP contribution in [0.2, 0.25) is 0 Å². The molecule has 21 heavy (non-hydrogen) atoms. The van der Waals surface area contributed by atoms with Crippen LogP contribution in [-0.4, -0.2) is 55.6 Å². The first kappa shape index (κ1) is 17.9. The highest BCUT2D eigenvalue weighted by atomic mass is 32.2. The molecule has 0 aliphatic rings. The first-order chi connectivity index (χ1) is 9.93. The molecule has 1 rings (SSSR count). The van der Waals surface area contributed by atoms with E-state index in [1.807, 2.05) is 6.92 Å². The molecule has 0 atom stereocenters. The van der Waals surface area contributed by atoms with Gasteiger partial charge in [-0.15, -0.1) is 0 Å². The van der Waals surface area contributed by atoms with Crippen LogP contribution >= 0.6 is 0 Å². The molecule has 120 valence electrons. The van der Waals surface area contributed by atoms with Crippen molar-refractivity contribution in [3.63, 3.8) is 0 Å². The number of benzene rings is 1. The number of aliphatic hydroxyl groups is 3. The standard InChI is InChI=1S/C13H22N2O5S/c1-2-7-14-21(19,20)12-5-3-11(4-6-12)15-13(8-16,9-17)10-18/h3-6,14-18H,2,7-10H2,1H3. The molecule has 0 aromatic heterocycles. The van der Waals surface area contributed by atoms with Crippen LogP contribution in [0.25, 0.3) is 0 Å². The SMILES string of the molecule is CCCNS(=O)(=O)c1ccc(NC(CO)(CO)CO)cc1. The van der Waals surface area contributed by atoms with E-state index in [0.29, 0.717) is 18.7 Å². The van der Waals surface area contributed by atoms with Gasteiger partial charge in [-0.1, -0.05) is 6.92 Å². The second-order valence-electron chi connectivity index (χ2n) is 4.80. The van der Waals surface area contributed by atoms with Crippen LogP contribution in [0, 0.1) is 0 Å². The van der Waals surface area contributed by atoms with Gasteiger partial charge in [-0.2, -0.15) is 0 Å². The summed E-state index contributed by atoms with van der Waals surface area (Å²) >= 11 is 0. The molecular weight excluding hydrogens is 296 g/mol. The molecular formula is C13H22N2O5S. The van der Waals surface area contributed by atoms with Gasteiger partial charge in [0.2, 0.25) is 10.0 Å². The maximum Gasteiger partial charge on any atom is 0.240 e. The fourth-order valence-electron chi connectivity index (χ4n) is 1.61. The van der Waals surface area contributed by atoms with Crippen molar-refractivity contribution in [3.8, 4) is 0 Å². The highest BCUT2D eigenvalue weighted by Gasteiger charge is 2.27. The molecule has 0 saturated carbocycles. The van der Waals surface area contributed by atoms with Crippen molar-refractivity contribution < 1.29 is 23.7 Å². The van der Waals surface area contributed by atoms with E-state index in [1.165, 1.54) is 24.3 Å². The third-order valence-corrected chi connectivity index (χ3v) is 4.50. The zero-order chi connectivity index (χ0) is 15.9. The molecule has 1 aromatic carbocycles. The second kappa shape index (κ2) is 7.71. The minimum absolute atomic E-state index is 0.129. The number of aliphatic hydroxyl groups excluding tert-OH is 3. The third-order valence-electron chi connectivity index (χ3n) is 3.02. The summed E-state index contributed by atoms with van der Waals surface area (Å²) in [5.74, 6) is 0. The zero-order valence-corrected chi connectivity index (χ0v) is 12.7. The van der Waals surface area contributed by atoms with Gasteiger partial charge in [0.1, 0.15) is 5.54 Å². The van der Waals surface area contributed by atoms with E-state index in [9.17, 15) is 23.7 Å². The maximum absolute atomic E-state index is 11.9. The van der Waals surface area contributed by atoms with Crippen LogP contribution in [0.5, 0.6) is 0 Å². The zero-order valence-electron chi connectivity index (χ0n) is 11.9. The molecule has 0 unspecified atom stereocenters. The van der Waals surface area contributed by atoms with Gasteiger partial charge in [0.05, 0.1) is 24.7 Å². The lowest BCUT2D eigenvalue weighted by Gasteiger charge is -2.29. The van der Waals surface area contributed by atoms with Crippen molar-refractivity contribution in [1.82, 2.24) is 4.72 Å². The average molecular weight is 318 g/mol. The molecule has 1 aromatic rings. The van der Waals surface area contributed by atoms with Crippen molar-refractivity contribution in [2.75, 3.05) is 31.7 Å². The largest absolute Gasteiger partial charge is 0.394 e. The van der Waals surface area contributed by atoms with E-state index >= 15 is 0 Å². The quantitative estimate of drug-likeness (QED) is 0.419. The van der Waals surface area contributed by atoms with Crippen LogP contribution in [0.4, 0.5) is 5.69 Å². The molecule has 0 saturated heterocycles. The topological polar surface area (TPSA) is 119 Å². The lowest BCUT2D eigenvalue weighted by molar-refractivity contribution is 0.0833. The van der Waals surface area contributed by atoms with Gasteiger partial charge in [-0.05, 0) is 30.7 Å². The van der Waals surface area contributed by atoms with Crippen molar-refractivity contribution in [2.45, 2.75) is 23.8 Å². The second-order valence-corrected chi connectivity index (χ2v) is 6.57. The summed E-state index contributed by atoms with van der Waals surface area (Å²) in [6.45, 7) is 0.854. The first-order valence-electron chi connectivity index (χ1n) is 6.63. The molecule has 0 aliphatic carbocycles. The first-order valence-corrected chi connectivity index (χ1v) is 8.12. The van der Waals surface area contributed by atoms with Crippen molar-refractivity contribution >= 4 is 15.7 Å². The third kappa shape index (κ3) is 4.65. The summed E-state index contributed by atoms with van der Waals surface area (Å²) in [5, 5.41) is 30.5. The van der Waals surface area contributed by atoms with E-state index in [2.05, 4.69) is 10.0 Å². The minimum Gasteiger partial charge on any atom is -0.394 e. The Labute approximate surface area is 124 Å². The summed E-state index contributed by atoms with van der Waals surface area (Å²) in [5.41, 5.74) is -0.762. The predicted octanol–water partition coefficient (Wildman–Crippen LogP) is -0.498. The van der Waals surface area contributed by atoms with Gasteiger partial charge in [0, 0.05) is 12.2 Å². The monoisotopic (exact) mass is 318 g/mol. The van der Waals surface area contributed by atoms with Gasteiger partial charge >= 0.3 is 0 Å². The van der Waals surface area contributed by atoms with Gasteiger partial charge in [0.15, 0.2) is 0 Å². The fourth-order valence-corrected chi connectivity index (χ4v) is 2.75. The number of anilines is 1. The van der Waals surface area contributed by atoms with Crippen LogP contribution in [0.3, 0.4) is 0 Å². The molecule has 0 fully saturated rings. The number of sulfonamides is 1. The Morgan fingerprint density at radius 1 is 1.05 bits per heavy atom. The Kier molecular flexibility index (Phi) is 6.56. The van der Waals surface area contributed by atoms with Gasteiger partial charge in [-0.25, -0.2) is 13.1 Å². The minimum atomic E-state index is -3.53. The molecule has 0 heterocycles. The van der Waals surface area contributed by atoms with Crippen LogP contribution in [-0.2, 0) is 10.0 Å². The van der Waals surface area contributed by atoms with Gasteiger partial charge in [0.25, 0.3) is 0 Å². The van der Waals surface area contributed by atoms with E-state index in [0.717, 1.165) is 0 Å². The Morgan fingerprint density at radius 3 is 2.00 bits per heavy atom. The van der Waals surface area contributed by atoms with Gasteiger partial charge < -0.3 is 20.6 Å². The highest BCUT2D eigenvalue weighted by Crippen LogP contribution is 2.18. The average Bonchev–Trinajstić information content (AvgIpc) is 2.51. The van der Waals surface area contributed by atoms with E-state index in [-0.39, 0.29) is 4.90 Å². The van der Waals surface area contributed by atoms with Crippen molar-refractivity contribution in [3.05, 3.63) is 24.3 Å². The van der Waals surface area contributed by atoms with E-state index in [1.54, 1.807) is 0 Å². The fraction of sp³-hybridized carbons (Fsp3) is 0.538. The number of hydrogen-bond acceptors (Lipinski definition) is 6. The lowest BCUT2D eigenvalue weighted by Crippen LogP contribution is -2.49. The molecule has 0 radical (unpaired) electrons. The summed E-state index contributed by atoms with van der Waals surface area (Å²) in [7, 11) is -3.53. The summed E-state index contributed by atoms with van der Waals surface area (Å²) in [4.78, 5) is 0.129. The molecule has 0 bridgehead atoms. The molecule has 0 aliphatic heterocycles. The van der Waals surface area contributed by atoms with E-state index in [4.69, 9.17) is 0 Å². The molecule has 7 nitrogen and oxygen atoms in total. The van der Waals surface area contributed by atoms with Gasteiger partial charge in [-0.3, -0.25) is 0 Å². The summed E-state index contributed by atoms with van der Waals surface area (Å²) in [6.07, 6.45) is 0.699. The predicted molar refractivity (Wildman–Crippen MR) is 79.5 cm³/mol. The number of hydrogen-bond donors (Lipinski definition) is 5. The number of nitrogens with one attached hydrogen (secondary N) is 2. The maximum atomic E-state index is 11.9. The van der Waals surface area contributed by atoms with E-state index < -0.39 is 35.4 Å². The lowest BCUT2D eigenvalue weighted by atomic mass is 10.0. The summed E-state index contributed by atoms with van der Waals surface area (Å²) < 4.78 is 26.3. The van der Waals surface area contributed by atoms with Crippen molar-refractivity contribution in [1.29, 1.82) is 0 Å². The molecule has 0 amide bonds. The highest BCUT2D eigenvalue weighted by molar-refractivity contribution is 7.89. The molecule has 8 heteroatoms. The van der Waals surface area contributed by atoms with Crippen molar-refractivity contribution in [2.24, 2.45) is 0 Å². The Balaban J connectivity index is 2.88. The normalized spacial score (nSPS) is 12.4. The van der Waals surface area contributed by atoms with Crippen LogP contribution in [0.1, 0.15) is 13.3 Å². The smallest absolute Gasteiger partial charge is 0.240 e. The molecule has 5 N–H and O–H groups in total. The van der Waals surface area contributed by atoms with Crippen LogP contribution < -0.4 is 10.0 Å². The van der Waals surface area contributed by atoms with Crippen LogP contribution in [0.15, 0.2) is 29.2 Å². The Morgan fingerprint density at radius 2 is 1.57 bits per heavy atom.